The van der Waals surface area contributed by atoms with Gasteiger partial charge >= 0.3 is 6.03 Å². The van der Waals surface area contributed by atoms with Crippen molar-refractivity contribution < 1.29 is 28.8 Å². The molecule has 158 valence electrons. The summed E-state index contributed by atoms with van der Waals surface area (Å²) in [6, 6.07) is 8.33. The highest BCUT2D eigenvalue weighted by atomic mass is 79.9. The monoisotopic (exact) mass is 488 g/mol. The van der Waals surface area contributed by atoms with E-state index in [1.165, 1.54) is 30.3 Å². The summed E-state index contributed by atoms with van der Waals surface area (Å²) >= 11 is 3.27. The van der Waals surface area contributed by atoms with Crippen molar-refractivity contribution in [1.29, 1.82) is 0 Å². The zero-order valence-corrected chi connectivity index (χ0v) is 17.1. The van der Waals surface area contributed by atoms with Gasteiger partial charge in [-0.15, -0.1) is 0 Å². The number of primary amides is 1. The number of halogens is 1. The molecule has 0 bridgehead atoms. The Balaban J connectivity index is 2.00. The fraction of sp³-hybridized carbons (Fsp3) is 0.0526. The molecule has 12 heteroatoms. The Hall–Kier alpha value is -4.06. The van der Waals surface area contributed by atoms with E-state index in [0.29, 0.717) is 9.37 Å². The van der Waals surface area contributed by atoms with Crippen molar-refractivity contribution in [3.8, 4) is 5.75 Å². The van der Waals surface area contributed by atoms with E-state index in [-0.39, 0.29) is 28.3 Å². The number of hydrogen-bond donors (Lipinski definition) is 2. The van der Waals surface area contributed by atoms with Crippen LogP contribution in [0.1, 0.15) is 5.56 Å². The number of ether oxygens (including phenoxy) is 1. The van der Waals surface area contributed by atoms with Gasteiger partial charge in [0.15, 0.2) is 6.61 Å². The predicted molar refractivity (Wildman–Crippen MR) is 111 cm³/mol. The first-order chi connectivity index (χ1) is 14.7. The van der Waals surface area contributed by atoms with Gasteiger partial charge in [-0.1, -0.05) is 15.9 Å². The molecule has 1 saturated heterocycles. The minimum atomic E-state index is -1.000. The molecule has 31 heavy (non-hydrogen) atoms. The number of rotatable bonds is 6. The molecule has 2 aromatic rings. The third-order valence-electron chi connectivity index (χ3n) is 4.06. The number of carbonyl (C=O) groups is 4. The van der Waals surface area contributed by atoms with Crippen LogP contribution < -0.4 is 20.7 Å². The summed E-state index contributed by atoms with van der Waals surface area (Å²) in [5.41, 5.74) is 4.77. The Kier molecular flexibility index (Phi) is 6.11. The van der Waals surface area contributed by atoms with E-state index >= 15 is 0 Å². The fourth-order valence-electron chi connectivity index (χ4n) is 2.68. The molecule has 5 amide bonds. The molecule has 0 aromatic heterocycles. The maximum atomic E-state index is 12.9. The Labute approximate surface area is 182 Å². The van der Waals surface area contributed by atoms with Gasteiger partial charge in [0.1, 0.15) is 11.3 Å². The molecule has 0 atom stereocenters. The van der Waals surface area contributed by atoms with Crippen LogP contribution in [-0.2, 0) is 14.4 Å². The van der Waals surface area contributed by atoms with Gasteiger partial charge in [-0.2, -0.15) is 0 Å². The topological polar surface area (TPSA) is 162 Å². The maximum Gasteiger partial charge on any atom is 0.335 e. The SMILES string of the molecule is NC(=O)COc1ccc(Br)cc1/C=C1\C(=O)NC(=O)N(c2ccc([N+](=O)[O-])cc2)C1=O. The smallest absolute Gasteiger partial charge is 0.335 e. The number of hydrogen-bond acceptors (Lipinski definition) is 7. The first kappa shape index (κ1) is 21.6. The number of nitro groups is 1. The first-order valence-corrected chi connectivity index (χ1v) is 9.33. The summed E-state index contributed by atoms with van der Waals surface area (Å²) in [5, 5.41) is 12.9. The second-order valence-electron chi connectivity index (χ2n) is 6.17. The van der Waals surface area contributed by atoms with Gasteiger partial charge in [0.25, 0.3) is 23.4 Å². The lowest BCUT2D eigenvalue weighted by molar-refractivity contribution is -0.384. The second kappa shape index (κ2) is 8.75. The number of imide groups is 2. The highest BCUT2D eigenvalue weighted by Gasteiger charge is 2.37. The molecular formula is C19H13BrN4O7. The molecule has 11 nitrogen and oxygen atoms in total. The number of anilines is 1. The molecule has 1 fully saturated rings. The number of barbiturate groups is 1. The Morgan fingerprint density at radius 3 is 2.48 bits per heavy atom. The number of nitro benzene ring substituents is 1. The summed E-state index contributed by atoms with van der Waals surface area (Å²) < 4.78 is 5.90. The van der Waals surface area contributed by atoms with Crippen molar-refractivity contribution in [3.05, 3.63) is 68.2 Å². The molecule has 0 aliphatic carbocycles. The van der Waals surface area contributed by atoms with Gasteiger partial charge in [0.05, 0.1) is 10.6 Å². The van der Waals surface area contributed by atoms with E-state index in [9.17, 15) is 29.3 Å². The van der Waals surface area contributed by atoms with Crippen molar-refractivity contribution >= 4 is 57.1 Å². The van der Waals surface area contributed by atoms with Crippen LogP contribution in [0.25, 0.3) is 6.08 Å². The van der Waals surface area contributed by atoms with Gasteiger partial charge in [0.2, 0.25) is 0 Å². The zero-order chi connectivity index (χ0) is 22.7. The Morgan fingerprint density at radius 1 is 1.19 bits per heavy atom. The van der Waals surface area contributed by atoms with Crippen LogP contribution in [-0.4, -0.2) is 35.3 Å². The molecule has 0 saturated carbocycles. The third-order valence-corrected chi connectivity index (χ3v) is 4.56. The molecule has 1 heterocycles. The number of amides is 5. The minimum Gasteiger partial charge on any atom is -0.483 e. The fourth-order valence-corrected chi connectivity index (χ4v) is 3.06. The van der Waals surface area contributed by atoms with Crippen LogP contribution >= 0.6 is 15.9 Å². The van der Waals surface area contributed by atoms with E-state index in [2.05, 4.69) is 15.9 Å². The minimum absolute atomic E-state index is 0.0333. The second-order valence-corrected chi connectivity index (χ2v) is 7.08. The van der Waals surface area contributed by atoms with E-state index < -0.39 is 35.3 Å². The summed E-state index contributed by atoms with van der Waals surface area (Å²) in [4.78, 5) is 59.4. The van der Waals surface area contributed by atoms with Crippen LogP contribution in [0, 0.1) is 10.1 Å². The molecular weight excluding hydrogens is 476 g/mol. The third kappa shape index (κ3) is 4.75. The Morgan fingerprint density at radius 2 is 1.87 bits per heavy atom. The van der Waals surface area contributed by atoms with Crippen molar-refractivity contribution in [2.75, 3.05) is 11.5 Å². The van der Waals surface area contributed by atoms with E-state index in [1.807, 2.05) is 5.32 Å². The molecule has 0 radical (unpaired) electrons. The summed E-state index contributed by atoms with van der Waals surface area (Å²) in [7, 11) is 0. The van der Waals surface area contributed by atoms with Crippen LogP contribution in [0.2, 0.25) is 0 Å². The average Bonchev–Trinajstić information content (AvgIpc) is 2.70. The van der Waals surface area contributed by atoms with Crippen molar-refractivity contribution in [3.63, 3.8) is 0 Å². The Bertz CT molecular complexity index is 1140. The van der Waals surface area contributed by atoms with Gasteiger partial charge in [0, 0.05) is 22.2 Å². The van der Waals surface area contributed by atoms with Gasteiger partial charge in [-0.3, -0.25) is 29.8 Å². The average molecular weight is 489 g/mol. The number of non-ortho nitro benzene ring substituents is 1. The quantitative estimate of drug-likeness (QED) is 0.271. The van der Waals surface area contributed by atoms with Crippen molar-refractivity contribution in [2.45, 2.75) is 0 Å². The van der Waals surface area contributed by atoms with Crippen LogP contribution in [0.5, 0.6) is 5.75 Å². The summed E-state index contributed by atoms with van der Waals surface area (Å²) in [5.74, 6) is -2.42. The molecule has 3 N–H and O–H groups in total. The molecule has 0 unspecified atom stereocenters. The highest BCUT2D eigenvalue weighted by molar-refractivity contribution is 9.10. The lowest BCUT2D eigenvalue weighted by atomic mass is 10.1. The first-order valence-electron chi connectivity index (χ1n) is 8.54. The van der Waals surface area contributed by atoms with Crippen LogP contribution in [0.15, 0.2) is 52.5 Å². The highest BCUT2D eigenvalue weighted by Crippen LogP contribution is 2.28. The van der Waals surface area contributed by atoms with Crippen LogP contribution in [0.4, 0.5) is 16.2 Å². The predicted octanol–water partition coefficient (Wildman–Crippen LogP) is 1.89. The normalized spacial score (nSPS) is 15.1. The van der Waals surface area contributed by atoms with E-state index in [4.69, 9.17) is 10.5 Å². The number of urea groups is 1. The van der Waals surface area contributed by atoms with Crippen molar-refractivity contribution in [2.24, 2.45) is 5.73 Å². The number of carbonyl (C=O) groups excluding carboxylic acids is 4. The van der Waals surface area contributed by atoms with E-state index in [1.54, 1.807) is 6.07 Å². The largest absolute Gasteiger partial charge is 0.483 e. The number of benzene rings is 2. The van der Waals surface area contributed by atoms with Gasteiger partial charge < -0.3 is 10.5 Å². The lowest BCUT2D eigenvalue weighted by Crippen LogP contribution is -2.54. The molecule has 1 aliphatic rings. The van der Waals surface area contributed by atoms with Gasteiger partial charge in [-0.25, -0.2) is 9.69 Å². The standard InChI is InChI=1S/C19H13BrN4O7/c20-11-1-6-15(31-9-16(21)25)10(7-11)8-14-17(26)22-19(28)23(18(14)27)12-2-4-13(5-3-12)24(29)30/h1-8H,9H2,(H2,21,25)(H,22,26,28)/b14-8+. The summed E-state index contributed by atoms with van der Waals surface area (Å²) in [6.45, 7) is -0.425. The van der Waals surface area contributed by atoms with Gasteiger partial charge in [-0.05, 0) is 36.4 Å². The lowest BCUT2D eigenvalue weighted by Gasteiger charge is -2.26. The molecule has 0 spiro atoms. The molecule has 3 rings (SSSR count). The molecule has 2 aromatic carbocycles. The molecule has 1 aliphatic heterocycles. The summed E-state index contributed by atoms with van der Waals surface area (Å²) in [6.07, 6.45) is 1.20. The number of nitrogens with one attached hydrogen (secondary N) is 1. The number of nitrogens with two attached hydrogens (primary N) is 1. The number of nitrogens with zero attached hydrogens (tertiary/aromatic N) is 2. The zero-order valence-electron chi connectivity index (χ0n) is 15.5. The van der Waals surface area contributed by atoms with E-state index in [0.717, 1.165) is 12.1 Å². The maximum absolute atomic E-state index is 12.9. The van der Waals surface area contributed by atoms with Crippen molar-refractivity contribution in [1.82, 2.24) is 5.32 Å². The van der Waals surface area contributed by atoms with Crippen LogP contribution in [0.3, 0.4) is 0 Å².